The Morgan fingerprint density at radius 2 is 1.60 bits per heavy atom. The molecule has 10 heteroatoms. The number of rotatable bonds is 11. The van der Waals surface area contributed by atoms with Crippen molar-refractivity contribution in [3.8, 4) is 0 Å². The molecule has 7 nitrogen and oxygen atoms in total. The van der Waals surface area contributed by atoms with Gasteiger partial charge in [0.1, 0.15) is 12.6 Å². The fourth-order valence-corrected chi connectivity index (χ4v) is 6.84. The Morgan fingerprint density at radius 3 is 2.23 bits per heavy atom. The fourth-order valence-electron chi connectivity index (χ4n) is 5.61. The van der Waals surface area contributed by atoms with Gasteiger partial charge in [0.05, 0.1) is 22.0 Å². The van der Waals surface area contributed by atoms with E-state index in [4.69, 9.17) is 23.2 Å². The molecule has 0 radical (unpaired) electrons. The molecule has 2 amide bonds. The number of halogens is 2. The van der Waals surface area contributed by atoms with Gasteiger partial charge in [-0.2, -0.15) is 0 Å². The number of carbonyl (C=O) groups excluding carboxylic acids is 2. The van der Waals surface area contributed by atoms with Crippen LogP contribution in [0.2, 0.25) is 10.0 Å². The number of nitrogens with zero attached hydrogens (tertiary/aromatic N) is 2. The van der Waals surface area contributed by atoms with Gasteiger partial charge in [-0.3, -0.25) is 13.9 Å². The van der Waals surface area contributed by atoms with Crippen LogP contribution in [-0.4, -0.2) is 50.0 Å². The van der Waals surface area contributed by atoms with Gasteiger partial charge in [0.15, 0.2) is 0 Å². The van der Waals surface area contributed by atoms with Crippen LogP contribution in [0.5, 0.6) is 0 Å². The minimum atomic E-state index is -3.85. The van der Waals surface area contributed by atoms with Gasteiger partial charge in [-0.05, 0) is 61.6 Å². The molecular weight excluding hydrogens is 605 g/mol. The summed E-state index contributed by atoms with van der Waals surface area (Å²) in [7, 11) is -3.85. The highest BCUT2D eigenvalue weighted by Crippen LogP contribution is 2.27. The molecule has 0 bridgehead atoms. The van der Waals surface area contributed by atoms with E-state index in [1.807, 2.05) is 56.3 Å². The highest BCUT2D eigenvalue weighted by molar-refractivity contribution is 7.92. The summed E-state index contributed by atoms with van der Waals surface area (Å²) in [4.78, 5) is 29.8. The van der Waals surface area contributed by atoms with Crippen molar-refractivity contribution in [2.75, 3.05) is 17.1 Å². The van der Waals surface area contributed by atoms with Crippen LogP contribution >= 0.6 is 23.2 Å². The molecular formula is C33H39Cl2N3O4S. The average molecular weight is 645 g/mol. The zero-order valence-corrected chi connectivity index (χ0v) is 27.2. The van der Waals surface area contributed by atoms with Crippen molar-refractivity contribution in [2.45, 2.75) is 71.0 Å². The molecule has 4 rings (SSSR count). The molecule has 0 saturated heterocycles. The van der Waals surface area contributed by atoms with Gasteiger partial charge in [0.2, 0.25) is 21.8 Å². The molecule has 0 unspecified atom stereocenters. The largest absolute Gasteiger partial charge is 0.352 e. The van der Waals surface area contributed by atoms with Crippen LogP contribution in [0.15, 0.2) is 66.7 Å². The number of hydrogen-bond donors (Lipinski definition) is 1. The van der Waals surface area contributed by atoms with Crippen LogP contribution in [0.4, 0.5) is 5.69 Å². The number of nitrogens with one attached hydrogen (secondary N) is 1. The van der Waals surface area contributed by atoms with E-state index in [0.717, 1.165) is 59.4 Å². The predicted molar refractivity (Wildman–Crippen MR) is 174 cm³/mol. The normalized spacial score (nSPS) is 14.6. The molecule has 1 fully saturated rings. The number of hydrogen-bond acceptors (Lipinski definition) is 4. The summed E-state index contributed by atoms with van der Waals surface area (Å²) < 4.78 is 27.3. The summed E-state index contributed by atoms with van der Waals surface area (Å²) in [6.07, 6.45) is 6.34. The maximum atomic E-state index is 14.3. The van der Waals surface area contributed by atoms with Gasteiger partial charge < -0.3 is 10.2 Å². The Morgan fingerprint density at radius 1 is 0.907 bits per heavy atom. The van der Waals surface area contributed by atoms with Crippen LogP contribution in [0.3, 0.4) is 0 Å². The molecule has 1 saturated carbocycles. The molecule has 1 N–H and O–H groups in total. The van der Waals surface area contributed by atoms with E-state index in [2.05, 4.69) is 5.32 Å². The number of aryl methyl sites for hydroxylation is 2. The summed E-state index contributed by atoms with van der Waals surface area (Å²) in [6.45, 7) is 3.31. The van der Waals surface area contributed by atoms with E-state index in [-0.39, 0.29) is 24.9 Å². The number of amides is 2. The van der Waals surface area contributed by atoms with E-state index >= 15 is 0 Å². The Hall–Kier alpha value is -3.07. The lowest BCUT2D eigenvalue weighted by Gasteiger charge is -2.35. The first-order valence-electron chi connectivity index (χ1n) is 14.5. The molecule has 0 aliphatic heterocycles. The van der Waals surface area contributed by atoms with Crippen molar-refractivity contribution in [1.82, 2.24) is 10.2 Å². The Labute approximate surface area is 265 Å². The van der Waals surface area contributed by atoms with Crippen LogP contribution in [0, 0.1) is 13.8 Å². The van der Waals surface area contributed by atoms with Crippen LogP contribution in [-0.2, 0) is 32.6 Å². The standard InChI is InChI=1S/C33H39Cl2N3O4S/c1-23-14-17-30(24(2)18-23)38(43(3,41)42)22-32(39)37(21-26-15-16-28(34)29(35)19-26)31(20-25-10-6-4-7-11-25)33(40)36-27-12-8-5-9-13-27/h4,6-7,10-11,14-19,27,31H,5,8-9,12-13,20-22H2,1-3H3,(H,36,40)/t31-/m0/s1. The zero-order valence-electron chi connectivity index (χ0n) is 24.9. The molecule has 1 atom stereocenters. The van der Waals surface area contributed by atoms with E-state index in [1.165, 1.54) is 4.90 Å². The van der Waals surface area contributed by atoms with Crippen molar-refractivity contribution in [3.63, 3.8) is 0 Å². The van der Waals surface area contributed by atoms with Gasteiger partial charge in [0.25, 0.3) is 0 Å². The average Bonchev–Trinajstić information content (AvgIpc) is 2.96. The highest BCUT2D eigenvalue weighted by Gasteiger charge is 2.34. The monoisotopic (exact) mass is 643 g/mol. The maximum Gasteiger partial charge on any atom is 0.244 e. The van der Waals surface area contributed by atoms with Crippen molar-refractivity contribution in [3.05, 3.63) is 99.0 Å². The molecule has 1 aliphatic rings. The summed E-state index contributed by atoms with van der Waals surface area (Å²) in [5.41, 5.74) is 3.67. The van der Waals surface area contributed by atoms with Gasteiger partial charge >= 0.3 is 0 Å². The molecule has 230 valence electrons. The molecule has 3 aromatic rings. The lowest BCUT2D eigenvalue weighted by Crippen LogP contribution is -2.55. The number of benzene rings is 3. The second kappa shape index (κ2) is 14.6. The van der Waals surface area contributed by atoms with E-state index in [1.54, 1.807) is 24.3 Å². The Kier molecular flexibility index (Phi) is 11.2. The minimum absolute atomic E-state index is 0.0316. The third kappa shape index (κ3) is 8.97. The predicted octanol–water partition coefficient (Wildman–Crippen LogP) is 6.47. The van der Waals surface area contributed by atoms with Gasteiger partial charge in [-0.25, -0.2) is 8.42 Å². The maximum absolute atomic E-state index is 14.3. The molecule has 0 heterocycles. The highest BCUT2D eigenvalue weighted by atomic mass is 35.5. The second-order valence-electron chi connectivity index (χ2n) is 11.4. The molecule has 3 aromatic carbocycles. The SMILES string of the molecule is Cc1ccc(N(CC(=O)N(Cc2ccc(Cl)c(Cl)c2)[C@@H](Cc2ccccc2)C(=O)NC2CCCCC2)S(C)(=O)=O)c(C)c1. The first-order chi connectivity index (χ1) is 20.4. The Bertz CT molecular complexity index is 1540. The summed E-state index contributed by atoms with van der Waals surface area (Å²) in [5, 5.41) is 3.90. The smallest absolute Gasteiger partial charge is 0.244 e. The molecule has 1 aliphatic carbocycles. The van der Waals surface area contributed by atoms with Crippen molar-refractivity contribution in [2.24, 2.45) is 0 Å². The van der Waals surface area contributed by atoms with E-state index in [9.17, 15) is 18.0 Å². The molecule has 0 aromatic heterocycles. The third-order valence-corrected chi connectivity index (χ3v) is 9.73. The summed E-state index contributed by atoms with van der Waals surface area (Å²) in [5.74, 6) is -0.766. The number of anilines is 1. The zero-order chi connectivity index (χ0) is 31.1. The van der Waals surface area contributed by atoms with E-state index < -0.39 is 28.5 Å². The first kappa shape index (κ1) is 32.8. The lowest BCUT2D eigenvalue weighted by atomic mass is 9.94. The van der Waals surface area contributed by atoms with Gasteiger partial charge in [-0.1, -0.05) is 96.6 Å². The minimum Gasteiger partial charge on any atom is -0.352 e. The third-order valence-electron chi connectivity index (χ3n) is 7.86. The Balaban J connectivity index is 1.75. The van der Waals surface area contributed by atoms with Crippen molar-refractivity contribution < 1.29 is 18.0 Å². The quantitative estimate of drug-likeness (QED) is 0.260. The van der Waals surface area contributed by atoms with Crippen LogP contribution in [0.1, 0.15) is 54.4 Å². The van der Waals surface area contributed by atoms with Gasteiger partial charge in [0, 0.05) is 19.0 Å². The fraction of sp³-hybridized carbons (Fsp3) is 0.394. The van der Waals surface area contributed by atoms with Crippen molar-refractivity contribution in [1.29, 1.82) is 0 Å². The molecule has 43 heavy (non-hydrogen) atoms. The summed E-state index contributed by atoms with van der Waals surface area (Å²) in [6, 6.07) is 19.1. The number of carbonyl (C=O) groups is 2. The van der Waals surface area contributed by atoms with Crippen LogP contribution in [0.25, 0.3) is 0 Å². The summed E-state index contributed by atoms with van der Waals surface area (Å²) >= 11 is 12.5. The second-order valence-corrected chi connectivity index (χ2v) is 14.1. The van der Waals surface area contributed by atoms with Crippen LogP contribution < -0.4 is 9.62 Å². The number of sulfonamides is 1. The van der Waals surface area contributed by atoms with Crippen molar-refractivity contribution >= 4 is 50.7 Å². The molecule has 0 spiro atoms. The first-order valence-corrected chi connectivity index (χ1v) is 17.2. The van der Waals surface area contributed by atoms with E-state index in [0.29, 0.717) is 21.3 Å². The lowest BCUT2D eigenvalue weighted by molar-refractivity contribution is -0.140. The topological polar surface area (TPSA) is 86.8 Å². The van der Waals surface area contributed by atoms with Gasteiger partial charge in [-0.15, -0.1) is 0 Å².